The van der Waals surface area contributed by atoms with Gasteiger partial charge in [-0.25, -0.2) is 0 Å². The summed E-state index contributed by atoms with van der Waals surface area (Å²) in [5.41, 5.74) is 0.535. The van der Waals surface area contributed by atoms with Crippen molar-refractivity contribution in [3.8, 4) is 0 Å². The van der Waals surface area contributed by atoms with E-state index in [0.717, 1.165) is 12.0 Å². The van der Waals surface area contributed by atoms with E-state index in [4.69, 9.17) is 0 Å². The van der Waals surface area contributed by atoms with Crippen LogP contribution in [0, 0.1) is 11.3 Å². The van der Waals surface area contributed by atoms with Gasteiger partial charge in [0.15, 0.2) is 0 Å². The monoisotopic (exact) mass is 242 g/mol. The third kappa shape index (κ3) is 3.64. The predicted octanol–water partition coefficient (Wildman–Crippen LogP) is 2.06. The molecule has 0 bridgehead atoms. The van der Waals surface area contributed by atoms with Crippen molar-refractivity contribution in [3.05, 3.63) is 0 Å². The molecular formula is C13H26N2S. The van der Waals surface area contributed by atoms with Crippen molar-refractivity contribution in [2.75, 3.05) is 38.2 Å². The second kappa shape index (κ2) is 5.28. The second-order valence-corrected chi connectivity index (χ2v) is 7.44. The Labute approximate surface area is 105 Å². The van der Waals surface area contributed by atoms with Gasteiger partial charge in [0, 0.05) is 18.3 Å². The van der Waals surface area contributed by atoms with Crippen LogP contribution in [0.4, 0.5) is 0 Å². The lowest BCUT2D eigenvalue weighted by molar-refractivity contribution is 0.305. The minimum Gasteiger partial charge on any atom is -0.313 e. The molecule has 0 aromatic heterocycles. The molecule has 2 nitrogen and oxygen atoms in total. The van der Waals surface area contributed by atoms with Gasteiger partial charge in [-0.3, -0.25) is 0 Å². The van der Waals surface area contributed by atoms with Gasteiger partial charge in [-0.05, 0) is 50.1 Å². The molecule has 2 aliphatic rings. The van der Waals surface area contributed by atoms with Gasteiger partial charge in [0.2, 0.25) is 0 Å². The lowest BCUT2D eigenvalue weighted by atomic mass is 9.87. The van der Waals surface area contributed by atoms with Crippen molar-refractivity contribution < 1.29 is 0 Å². The molecule has 2 rings (SSSR count). The molecule has 2 fully saturated rings. The van der Waals surface area contributed by atoms with Crippen LogP contribution in [0.3, 0.4) is 0 Å². The highest BCUT2D eigenvalue weighted by atomic mass is 32.2. The first-order valence-electron chi connectivity index (χ1n) is 6.55. The molecule has 2 atom stereocenters. The molecule has 3 heteroatoms. The number of nitrogens with zero attached hydrogens (tertiary/aromatic N) is 1. The van der Waals surface area contributed by atoms with E-state index < -0.39 is 0 Å². The van der Waals surface area contributed by atoms with E-state index in [-0.39, 0.29) is 0 Å². The Morgan fingerprint density at radius 2 is 2.25 bits per heavy atom. The van der Waals surface area contributed by atoms with Crippen LogP contribution in [0.15, 0.2) is 0 Å². The molecule has 2 saturated heterocycles. The van der Waals surface area contributed by atoms with Crippen molar-refractivity contribution in [1.29, 1.82) is 0 Å². The van der Waals surface area contributed by atoms with Crippen molar-refractivity contribution in [2.45, 2.75) is 32.7 Å². The van der Waals surface area contributed by atoms with Gasteiger partial charge < -0.3 is 10.2 Å². The van der Waals surface area contributed by atoms with Gasteiger partial charge in [0.1, 0.15) is 0 Å². The Balaban J connectivity index is 1.69. The number of nitrogens with one attached hydrogen (secondary N) is 1. The Morgan fingerprint density at radius 1 is 1.44 bits per heavy atom. The Kier molecular flexibility index (Phi) is 4.20. The van der Waals surface area contributed by atoms with E-state index in [1.807, 2.05) is 0 Å². The van der Waals surface area contributed by atoms with Crippen molar-refractivity contribution in [2.24, 2.45) is 11.3 Å². The molecule has 0 aliphatic carbocycles. The lowest BCUT2D eigenvalue weighted by Gasteiger charge is -2.35. The largest absolute Gasteiger partial charge is 0.313 e. The summed E-state index contributed by atoms with van der Waals surface area (Å²) in [5, 5.41) is 3.79. The fourth-order valence-electron chi connectivity index (χ4n) is 2.92. The summed E-state index contributed by atoms with van der Waals surface area (Å²) in [6, 6.07) is 0.750. The molecule has 2 heterocycles. The maximum Gasteiger partial charge on any atom is 0.0163 e. The highest BCUT2D eigenvalue weighted by Crippen LogP contribution is 2.33. The zero-order valence-corrected chi connectivity index (χ0v) is 11.8. The fourth-order valence-corrected chi connectivity index (χ4v) is 4.23. The van der Waals surface area contributed by atoms with Crippen LogP contribution in [0.5, 0.6) is 0 Å². The maximum absolute atomic E-state index is 3.79. The molecule has 2 unspecified atom stereocenters. The average molecular weight is 242 g/mol. The summed E-state index contributed by atoms with van der Waals surface area (Å²) in [4.78, 5) is 2.45. The van der Waals surface area contributed by atoms with Crippen LogP contribution in [0.2, 0.25) is 0 Å². The van der Waals surface area contributed by atoms with Crippen LogP contribution in [0.25, 0.3) is 0 Å². The first-order valence-corrected chi connectivity index (χ1v) is 7.70. The van der Waals surface area contributed by atoms with E-state index in [0.29, 0.717) is 5.41 Å². The fraction of sp³-hybridized carbons (Fsp3) is 1.00. The third-order valence-corrected chi connectivity index (χ3v) is 5.42. The van der Waals surface area contributed by atoms with Gasteiger partial charge >= 0.3 is 0 Å². The van der Waals surface area contributed by atoms with Gasteiger partial charge in [0.05, 0.1) is 0 Å². The Bertz CT molecular complexity index is 230. The summed E-state index contributed by atoms with van der Waals surface area (Å²) < 4.78 is 0. The standard InChI is InChI=1S/C13H26N2S/c1-13(2)6-12(9-16-10-13)14-7-11-4-5-15(3)8-11/h11-12,14H,4-10H2,1-3H3. The Hall–Kier alpha value is 0.270. The van der Waals surface area contributed by atoms with Gasteiger partial charge in [-0.1, -0.05) is 13.8 Å². The molecule has 94 valence electrons. The average Bonchev–Trinajstić information content (AvgIpc) is 2.60. The van der Waals surface area contributed by atoms with Crippen molar-refractivity contribution >= 4 is 11.8 Å². The number of rotatable bonds is 3. The van der Waals surface area contributed by atoms with E-state index in [1.54, 1.807) is 0 Å². The zero-order valence-electron chi connectivity index (χ0n) is 11.0. The summed E-state index contributed by atoms with van der Waals surface area (Å²) in [6.07, 6.45) is 2.73. The molecule has 0 saturated carbocycles. The molecule has 0 aromatic rings. The zero-order chi connectivity index (χ0) is 11.6. The third-order valence-electron chi connectivity index (χ3n) is 3.79. The number of likely N-dealkylation sites (tertiary alicyclic amines) is 1. The topological polar surface area (TPSA) is 15.3 Å². The smallest absolute Gasteiger partial charge is 0.0163 e. The van der Waals surface area contributed by atoms with E-state index >= 15 is 0 Å². The summed E-state index contributed by atoms with van der Waals surface area (Å²) >= 11 is 2.12. The number of hydrogen-bond donors (Lipinski definition) is 1. The SMILES string of the molecule is CN1CCC(CNC2CSCC(C)(C)C2)C1. The highest BCUT2D eigenvalue weighted by Gasteiger charge is 2.29. The van der Waals surface area contributed by atoms with E-state index in [9.17, 15) is 0 Å². The summed E-state index contributed by atoms with van der Waals surface area (Å²) in [5.74, 6) is 3.53. The van der Waals surface area contributed by atoms with Gasteiger partial charge in [-0.2, -0.15) is 11.8 Å². The predicted molar refractivity (Wildman–Crippen MR) is 73.1 cm³/mol. The second-order valence-electron chi connectivity index (χ2n) is 6.41. The first-order chi connectivity index (χ1) is 7.55. The molecule has 1 N–H and O–H groups in total. The van der Waals surface area contributed by atoms with Crippen LogP contribution in [0.1, 0.15) is 26.7 Å². The molecular weight excluding hydrogens is 216 g/mol. The van der Waals surface area contributed by atoms with Crippen LogP contribution >= 0.6 is 11.8 Å². The van der Waals surface area contributed by atoms with Crippen LogP contribution in [-0.4, -0.2) is 49.1 Å². The van der Waals surface area contributed by atoms with E-state index in [2.05, 4.69) is 42.9 Å². The van der Waals surface area contributed by atoms with Crippen LogP contribution in [-0.2, 0) is 0 Å². The van der Waals surface area contributed by atoms with Crippen molar-refractivity contribution in [1.82, 2.24) is 10.2 Å². The van der Waals surface area contributed by atoms with Crippen LogP contribution < -0.4 is 5.32 Å². The Morgan fingerprint density at radius 3 is 2.88 bits per heavy atom. The first kappa shape index (κ1) is 12.7. The molecule has 0 amide bonds. The minimum absolute atomic E-state index is 0.535. The maximum atomic E-state index is 3.79. The van der Waals surface area contributed by atoms with Gasteiger partial charge in [-0.15, -0.1) is 0 Å². The quantitative estimate of drug-likeness (QED) is 0.815. The summed E-state index contributed by atoms with van der Waals surface area (Å²) in [6.45, 7) is 8.60. The van der Waals surface area contributed by atoms with E-state index in [1.165, 1.54) is 44.0 Å². The molecule has 2 aliphatic heterocycles. The summed E-state index contributed by atoms with van der Waals surface area (Å²) in [7, 11) is 2.24. The molecule has 0 aromatic carbocycles. The van der Waals surface area contributed by atoms with Gasteiger partial charge in [0.25, 0.3) is 0 Å². The molecule has 16 heavy (non-hydrogen) atoms. The highest BCUT2D eigenvalue weighted by molar-refractivity contribution is 7.99. The molecule has 0 radical (unpaired) electrons. The normalized spacial score (nSPS) is 35.4. The lowest BCUT2D eigenvalue weighted by Crippen LogP contribution is -2.42. The van der Waals surface area contributed by atoms with Crippen molar-refractivity contribution in [3.63, 3.8) is 0 Å². The minimum atomic E-state index is 0.535. The number of hydrogen-bond acceptors (Lipinski definition) is 3. The number of thioether (sulfide) groups is 1. The molecule has 0 spiro atoms.